The molecular formula is C40H55N7O7. The van der Waals surface area contributed by atoms with Crippen LogP contribution in [0, 0.1) is 5.92 Å². The number of carbonyl (C=O) groups is 3. The quantitative estimate of drug-likeness (QED) is 0.0265. The molecule has 0 saturated heterocycles. The first-order valence-electron chi connectivity index (χ1n) is 18.4. The summed E-state index contributed by atoms with van der Waals surface area (Å²) in [4.78, 5) is 41.1. The number of aliphatic hydroxyl groups excluding tert-OH is 1. The number of benzene rings is 3. The summed E-state index contributed by atoms with van der Waals surface area (Å²) in [7, 11) is 1.64. The average Bonchev–Trinajstić information content (AvgIpc) is 3.19. The SMILES string of the molecule is COc1ccc(C(NCCCCC(NC(=O)COCC(=O)NCCCOCCN=[N+]=[N-])C(=O)NC(CO)C(C)C)(c2ccccc2)c2ccccc2)cc1. The highest BCUT2D eigenvalue weighted by atomic mass is 16.5. The minimum Gasteiger partial charge on any atom is -0.497 e. The van der Waals surface area contributed by atoms with E-state index in [1.54, 1.807) is 7.11 Å². The number of unbranched alkanes of at least 4 members (excludes halogenated alkanes) is 1. The van der Waals surface area contributed by atoms with Gasteiger partial charge in [0, 0.05) is 24.6 Å². The standard InChI is InChI=1S/C40H55N7O7/c1-30(2)36(27-48)46-39(51)35(45-38(50)29-54-28-37(49)42-22-12-25-53-26-24-44-47-41)17-10-11-23-43-40(31-13-6-4-7-14-31,32-15-8-5-9-16-32)33-18-20-34(52-3)21-19-33/h4-9,13-16,18-21,30,35-36,43,48H,10-12,17,22-29H2,1-3H3,(H,42,49)(H,45,50)(H,46,51). The van der Waals surface area contributed by atoms with Gasteiger partial charge in [-0.25, -0.2) is 0 Å². The summed E-state index contributed by atoms with van der Waals surface area (Å²) in [6.45, 7) is 4.70. The molecule has 0 aliphatic carbocycles. The zero-order chi connectivity index (χ0) is 39.0. The van der Waals surface area contributed by atoms with E-state index in [2.05, 4.69) is 67.7 Å². The maximum absolute atomic E-state index is 13.4. The van der Waals surface area contributed by atoms with Crippen LogP contribution >= 0.6 is 0 Å². The van der Waals surface area contributed by atoms with Crippen molar-refractivity contribution in [2.24, 2.45) is 11.0 Å². The first kappa shape index (κ1) is 43.4. The monoisotopic (exact) mass is 745 g/mol. The third-order valence-electron chi connectivity index (χ3n) is 8.88. The fourth-order valence-electron chi connectivity index (χ4n) is 5.93. The van der Waals surface area contributed by atoms with E-state index >= 15 is 0 Å². The normalized spacial score (nSPS) is 12.3. The second kappa shape index (κ2) is 24.4. The van der Waals surface area contributed by atoms with E-state index in [0.717, 1.165) is 22.4 Å². The molecule has 0 aliphatic heterocycles. The third kappa shape index (κ3) is 14.1. The van der Waals surface area contributed by atoms with Crippen molar-refractivity contribution in [2.75, 3.05) is 59.8 Å². The number of amides is 3. The smallest absolute Gasteiger partial charge is 0.246 e. The Hall–Kier alpha value is -4.98. The van der Waals surface area contributed by atoms with Crippen molar-refractivity contribution < 1.29 is 33.7 Å². The molecule has 0 heterocycles. The third-order valence-corrected chi connectivity index (χ3v) is 8.88. The van der Waals surface area contributed by atoms with Crippen LogP contribution in [0.25, 0.3) is 10.4 Å². The van der Waals surface area contributed by atoms with E-state index in [9.17, 15) is 19.5 Å². The Morgan fingerprint density at radius 3 is 2.02 bits per heavy atom. The molecule has 0 fully saturated rings. The molecule has 3 rings (SSSR count). The molecule has 2 atom stereocenters. The minimum absolute atomic E-state index is 0.0207. The summed E-state index contributed by atoms with van der Waals surface area (Å²) in [5.41, 5.74) is 10.8. The molecule has 2 unspecified atom stereocenters. The Kier molecular flexibility index (Phi) is 19.6. The maximum Gasteiger partial charge on any atom is 0.246 e. The van der Waals surface area contributed by atoms with Gasteiger partial charge in [0.1, 0.15) is 25.0 Å². The molecule has 3 aromatic rings. The van der Waals surface area contributed by atoms with Gasteiger partial charge >= 0.3 is 0 Å². The lowest BCUT2D eigenvalue weighted by Crippen LogP contribution is -2.52. The van der Waals surface area contributed by atoms with Gasteiger partial charge in [-0.2, -0.15) is 0 Å². The molecule has 0 spiro atoms. The van der Waals surface area contributed by atoms with Crippen molar-refractivity contribution in [1.29, 1.82) is 0 Å². The topological polar surface area (TPSA) is 196 Å². The number of rotatable bonds is 26. The molecule has 0 radical (unpaired) electrons. The van der Waals surface area contributed by atoms with Gasteiger partial charge in [0.2, 0.25) is 17.7 Å². The molecule has 5 N–H and O–H groups in total. The largest absolute Gasteiger partial charge is 0.497 e. The average molecular weight is 746 g/mol. The molecule has 3 amide bonds. The van der Waals surface area contributed by atoms with Gasteiger partial charge in [-0.05, 0) is 72.5 Å². The Morgan fingerprint density at radius 2 is 1.43 bits per heavy atom. The highest BCUT2D eigenvalue weighted by Gasteiger charge is 2.36. The summed E-state index contributed by atoms with van der Waals surface area (Å²) in [5.74, 6) is -0.588. The van der Waals surface area contributed by atoms with Crippen LogP contribution in [-0.2, 0) is 29.4 Å². The van der Waals surface area contributed by atoms with Crippen LogP contribution in [-0.4, -0.2) is 94.7 Å². The van der Waals surface area contributed by atoms with E-state index in [1.165, 1.54) is 0 Å². The minimum atomic E-state index is -0.879. The Labute approximate surface area is 318 Å². The molecular weight excluding hydrogens is 690 g/mol. The van der Waals surface area contributed by atoms with Crippen molar-refractivity contribution in [3.05, 3.63) is 112 Å². The molecule has 0 aliphatic rings. The number of methoxy groups -OCH3 is 1. The van der Waals surface area contributed by atoms with Crippen molar-refractivity contribution in [2.45, 2.75) is 57.2 Å². The number of nitrogens with one attached hydrogen (secondary N) is 4. The van der Waals surface area contributed by atoms with Crippen molar-refractivity contribution in [3.8, 4) is 5.75 Å². The van der Waals surface area contributed by atoms with Crippen LogP contribution in [0.4, 0.5) is 0 Å². The number of aliphatic hydroxyl groups is 1. The van der Waals surface area contributed by atoms with Crippen LogP contribution in [0.2, 0.25) is 0 Å². The van der Waals surface area contributed by atoms with Gasteiger partial charge in [-0.1, -0.05) is 91.8 Å². The summed E-state index contributed by atoms with van der Waals surface area (Å²) < 4.78 is 16.1. The number of nitrogens with zero attached hydrogens (tertiary/aromatic N) is 3. The molecule has 292 valence electrons. The van der Waals surface area contributed by atoms with Crippen LogP contribution in [0.1, 0.15) is 56.2 Å². The molecule has 0 aromatic heterocycles. The highest BCUT2D eigenvalue weighted by Crippen LogP contribution is 2.37. The number of azide groups is 1. The number of hydrogen-bond acceptors (Lipinski definition) is 9. The molecule has 14 nitrogen and oxygen atoms in total. The first-order chi connectivity index (χ1) is 26.2. The summed E-state index contributed by atoms with van der Waals surface area (Å²) in [6.07, 6.45) is 2.17. The summed E-state index contributed by atoms with van der Waals surface area (Å²) >= 11 is 0. The summed E-state index contributed by atoms with van der Waals surface area (Å²) in [5, 5.41) is 25.4. The van der Waals surface area contributed by atoms with Gasteiger partial charge in [0.15, 0.2) is 0 Å². The fraction of sp³-hybridized carbons (Fsp3) is 0.475. The predicted octanol–water partition coefficient (Wildman–Crippen LogP) is 4.21. The lowest BCUT2D eigenvalue weighted by Gasteiger charge is -2.37. The van der Waals surface area contributed by atoms with Crippen LogP contribution in [0.15, 0.2) is 90.0 Å². The van der Waals surface area contributed by atoms with Gasteiger partial charge < -0.3 is 35.3 Å². The van der Waals surface area contributed by atoms with Crippen molar-refractivity contribution >= 4 is 17.7 Å². The second-order valence-corrected chi connectivity index (χ2v) is 13.1. The van der Waals surface area contributed by atoms with E-state index < -0.39 is 42.0 Å². The summed E-state index contributed by atoms with van der Waals surface area (Å²) in [6, 6.07) is 27.1. The van der Waals surface area contributed by atoms with Crippen LogP contribution in [0.5, 0.6) is 5.75 Å². The zero-order valence-electron chi connectivity index (χ0n) is 31.5. The highest BCUT2D eigenvalue weighted by molar-refractivity contribution is 5.88. The van der Waals surface area contributed by atoms with Crippen LogP contribution in [0.3, 0.4) is 0 Å². The number of carbonyl (C=O) groups excluding carboxylic acids is 3. The van der Waals surface area contributed by atoms with E-state index in [-0.39, 0.29) is 25.7 Å². The van der Waals surface area contributed by atoms with Gasteiger partial charge in [-0.3, -0.25) is 19.7 Å². The number of hydrogen-bond donors (Lipinski definition) is 5. The number of ether oxygens (including phenoxy) is 3. The van der Waals surface area contributed by atoms with E-state index in [1.807, 2.05) is 62.4 Å². The second-order valence-electron chi connectivity index (χ2n) is 13.1. The first-order valence-corrected chi connectivity index (χ1v) is 18.4. The van der Waals surface area contributed by atoms with E-state index in [0.29, 0.717) is 52.0 Å². The molecule has 0 saturated carbocycles. The Balaban J connectivity index is 1.62. The molecule has 54 heavy (non-hydrogen) atoms. The van der Waals surface area contributed by atoms with Gasteiger partial charge in [-0.15, -0.1) is 0 Å². The van der Waals surface area contributed by atoms with Crippen molar-refractivity contribution in [1.82, 2.24) is 21.3 Å². The lowest BCUT2D eigenvalue weighted by atomic mass is 9.77. The Bertz CT molecular complexity index is 1550. The zero-order valence-corrected chi connectivity index (χ0v) is 31.5. The Morgan fingerprint density at radius 1 is 0.796 bits per heavy atom. The van der Waals surface area contributed by atoms with Gasteiger partial charge in [0.05, 0.1) is 31.9 Å². The van der Waals surface area contributed by atoms with E-state index in [4.69, 9.17) is 19.7 Å². The molecule has 3 aromatic carbocycles. The van der Waals surface area contributed by atoms with Gasteiger partial charge in [0.25, 0.3) is 0 Å². The molecule has 14 heteroatoms. The maximum atomic E-state index is 13.4. The van der Waals surface area contributed by atoms with Crippen molar-refractivity contribution in [3.63, 3.8) is 0 Å². The molecule has 0 bridgehead atoms. The fourth-order valence-corrected chi connectivity index (χ4v) is 5.93. The lowest BCUT2D eigenvalue weighted by molar-refractivity contribution is -0.134. The predicted molar refractivity (Wildman–Crippen MR) is 207 cm³/mol. The van der Waals surface area contributed by atoms with Crippen LogP contribution < -0.4 is 26.0 Å².